The van der Waals surface area contributed by atoms with Crippen LogP contribution in [0.3, 0.4) is 0 Å². The van der Waals surface area contributed by atoms with Gasteiger partial charge >= 0.3 is 5.97 Å². The second kappa shape index (κ2) is 8.00. The number of carbonyl (C=O) groups is 3. The highest BCUT2D eigenvalue weighted by Crippen LogP contribution is 2.38. The minimum atomic E-state index is -0.836. The Bertz CT molecular complexity index is 387. The first kappa shape index (κ1) is 17.5. The van der Waals surface area contributed by atoms with E-state index in [0.717, 1.165) is 25.7 Å². The number of carboxylic acid groups (broad SMARTS) is 1. The highest BCUT2D eigenvalue weighted by Gasteiger charge is 2.42. The Morgan fingerprint density at radius 1 is 1.10 bits per heavy atom. The highest BCUT2D eigenvalue weighted by atomic mass is 16.4. The van der Waals surface area contributed by atoms with E-state index in [2.05, 4.69) is 5.32 Å². The van der Waals surface area contributed by atoms with Gasteiger partial charge in [0.25, 0.3) is 0 Å². The molecule has 0 saturated heterocycles. The molecule has 0 bridgehead atoms. The normalized spacial score (nSPS) is 16.5. The fourth-order valence-electron chi connectivity index (χ4n) is 2.91. The highest BCUT2D eigenvalue weighted by molar-refractivity contribution is 5.84. The molecule has 2 amide bonds. The van der Waals surface area contributed by atoms with Gasteiger partial charge in [0.05, 0.1) is 5.41 Å². The van der Waals surface area contributed by atoms with Crippen LogP contribution in [0.1, 0.15) is 51.4 Å². The molecule has 0 aromatic rings. The molecule has 0 radical (unpaired) electrons. The van der Waals surface area contributed by atoms with Crippen molar-refractivity contribution < 1.29 is 19.5 Å². The van der Waals surface area contributed by atoms with E-state index in [1.54, 1.807) is 19.0 Å². The fourth-order valence-corrected chi connectivity index (χ4v) is 2.91. The monoisotopic (exact) mass is 298 g/mol. The number of hydrogen-bond acceptors (Lipinski definition) is 3. The second-order valence-electron chi connectivity index (χ2n) is 6.06. The van der Waals surface area contributed by atoms with Gasteiger partial charge in [-0.05, 0) is 25.7 Å². The molecular weight excluding hydrogens is 272 g/mol. The van der Waals surface area contributed by atoms with Crippen molar-refractivity contribution in [2.24, 2.45) is 5.41 Å². The molecule has 1 aliphatic rings. The maximum atomic E-state index is 12.3. The quantitative estimate of drug-likeness (QED) is 0.663. The van der Waals surface area contributed by atoms with Crippen LogP contribution in [0.25, 0.3) is 0 Å². The van der Waals surface area contributed by atoms with Crippen molar-refractivity contribution in [3.63, 3.8) is 0 Å². The summed E-state index contributed by atoms with van der Waals surface area (Å²) >= 11 is 0. The van der Waals surface area contributed by atoms with Gasteiger partial charge in [-0.2, -0.15) is 0 Å². The second-order valence-corrected chi connectivity index (χ2v) is 6.06. The molecule has 1 rings (SSSR count). The topological polar surface area (TPSA) is 86.7 Å². The molecule has 2 N–H and O–H groups in total. The molecule has 0 aromatic heterocycles. The maximum absolute atomic E-state index is 12.3. The fraction of sp³-hybridized carbons (Fsp3) is 0.800. The summed E-state index contributed by atoms with van der Waals surface area (Å²) in [4.78, 5) is 36.1. The standard InChI is InChI=1S/C15H26N2O4/c1-17(2)14(21)15(9-5-6-10-15)11-16-12(18)7-3-4-8-13(19)20/h3-11H2,1-2H3,(H,16,18)(H,19,20). The number of hydrogen-bond donors (Lipinski definition) is 2. The minimum absolute atomic E-state index is 0.0891. The summed E-state index contributed by atoms with van der Waals surface area (Å²) in [6, 6.07) is 0. The number of aliphatic carboxylic acids is 1. The van der Waals surface area contributed by atoms with E-state index in [9.17, 15) is 14.4 Å². The van der Waals surface area contributed by atoms with Crippen molar-refractivity contribution in [3.05, 3.63) is 0 Å². The van der Waals surface area contributed by atoms with E-state index in [1.807, 2.05) is 0 Å². The van der Waals surface area contributed by atoms with Crippen LogP contribution < -0.4 is 5.32 Å². The van der Waals surface area contributed by atoms with Crippen molar-refractivity contribution in [1.82, 2.24) is 10.2 Å². The molecule has 0 spiro atoms. The predicted octanol–water partition coefficient (Wildman–Crippen LogP) is 1.40. The number of carbonyl (C=O) groups excluding carboxylic acids is 2. The summed E-state index contributed by atoms with van der Waals surface area (Å²) in [5.74, 6) is -0.846. The summed E-state index contributed by atoms with van der Waals surface area (Å²) in [5.41, 5.74) is -0.444. The maximum Gasteiger partial charge on any atom is 0.303 e. The third-order valence-corrected chi connectivity index (χ3v) is 4.09. The van der Waals surface area contributed by atoms with Crippen LogP contribution >= 0.6 is 0 Å². The van der Waals surface area contributed by atoms with Crippen LogP contribution in [0.2, 0.25) is 0 Å². The Labute approximate surface area is 125 Å². The Kier molecular flexibility index (Phi) is 6.65. The first-order valence-corrected chi connectivity index (χ1v) is 7.58. The zero-order valence-electron chi connectivity index (χ0n) is 13.0. The van der Waals surface area contributed by atoms with Gasteiger partial charge in [0.1, 0.15) is 0 Å². The van der Waals surface area contributed by atoms with Crippen molar-refractivity contribution in [3.8, 4) is 0 Å². The molecule has 21 heavy (non-hydrogen) atoms. The molecule has 0 heterocycles. The third-order valence-electron chi connectivity index (χ3n) is 4.09. The number of amides is 2. The Balaban J connectivity index is 2.38. The molecule has 1 saturated carbocycles. The Morgan fingerprint density at radius 2 is 1.67 bits per heavy atom. The van der Waals surface area contributed by atoms with E-state index >= 15 is 0 Å². The molecule has 120 valence electrons. The molecule has 0 atom stereocenters. The number of carboxylic acids is 1. The van der Waals surface area contributed by atoms with Crippen molar-refractivity contribution in [2.45, 2.75) is 51.4 Å². The molecular formula is C15H26N2O4. The summed E-state index contributed by atoms with van der Waals surface area (Å²) in [7, 11) is 3.49. The van der Waals surface area contributed by atoms with E-state index in [4.69, 9.17) is 5.11 Å². The Morgan fingerprint density at radius 3 is 2.19 bits per heavy atom. The number of rotatable bonds is 8. The summed E-state index contributed by atoms with van der Waals surface area (Å²) < 4.78 is 0. The molecule has 1 fully saturated rings. The van der Waals surface area contributed by atoms with Crippen molar-refractivity contribution >= 4 is 17.8 Å². The van der Waals surface area contributed by atoms with Crippen LogP contribution in [0.5, 0.6) is 0 Å². The molecule has 0 aliphatic heterocycles. The summed E-state index contributed by atoms with van der Waals surface area (Å²) in [5, 5.41) is 11.4. The smallest absolute Gasteiger partial charge is 0.303 e. The lowest BCUT2D eigenvalue weighted by Crippen LogP contribution is -2.46. The van der Waals surface area contributed by atoms with E-state index < -0.39 is 11.4 Å². The van der Waals surface area contributed by atoms with E-state index in [0.29, 0.717) is 25.8 Å². The van der Waals surface area contributed by atoms with E-state index in [1.165, 1.54) is 0 Å². The molecule has 6 heteroatoms. The number of nitrogens with one attached hydrogen (secondary N) is 1. The van der Waals surface area contributed by atoms with Crippen molar-refractivity contribution in [2.75, 3.05) is 20.6 Å². The van der Waals surface area contributed by atoms with Crippen LogP contribution in [-0.2, 0) is 14.4 Å². The zero-order chi connectivity index (χ0) is 15.9. The van der Waals surface area contributed by atoms with Crippen LogP contribution in [0.15, 0.2) is 0 Å². The molecule has 6 nitrogen and oxygen atoms in total. The van der Waals surface area contributed by atoms with Gasteiger partial charge in [0.15, 0.2) is 0 Å². The lowest BCUT2D eigenvalue weighted by molar-refractivity contribution is -0.140. The zero-order valence-corrected chi connectivity index (χ0v) is 13.0. The Hall–Kier alpha value is -1.59. The predicted molar refractivity (Wildman–Crippen MR) is 78.7 cm³/mol. The largest absolute Gasteiger partial charge is 0.481 e. The average Bonchev–Trinajstić information content (AvgIpc) is 2.90. The lowest BCUT2D eigenvalue weighted by Gasteiger charge is -2.30. The number of unbranched alkanes of at least 4 members (excludes halogenated alkanes) is 1. The van der Waals surface area contributed by atoms with E-state index in [-0.39, 0.29) is 18.2 Å². The first-order chi connectivity index (χ1) is 9.87. The van der Waals surface area contributed by atoms with Gasteiger partial charge < -0.3 is 15.3 Å². The average molecular weight is 298 g/mol. The van der Waals surface area contributed by atoms with Gasteiger partial charge in [-0.1, -0.05) is 12.8 Å². The molecule has 0 unspecified atom stereocenters. The summed E-state index contributed by atoms with van der Waals surface area (Å²) in [6.45, 7) is 0.391. The minimum Gasteiger partial charge on any atom is -0.481 e. The number of nitrogens with zero attached hydrogens (tertiary/aromatic N) is 1. The molecule has 1 aliphatic carbocycles. The summed E-state index contributed by atoms with van der Waals surface area (Å²) in [6.07, 6.45) is 5.17. The van der Waals surface area contributed by atoms with Gasteiger partial charge in [-0.25, -0.2) is 0 Å². The van der Waals surface area contributed by atoms with Crippen molar-refractivity contribution in [1.29, 1.82) is 0 Å². The third kappa shape index (κ3) is 5.36. The van der Waals surface area contributed by atoms with Crippen LogP contribution in [-0.4, -0.2) is 48.4 Å². The van der Waals surface area contributed by atoms with Gasteiger partial charge in [-0.15, -0.1) is 0 Å². The molecule has 0 aromatic carbocycles. The van der Waals surface area contributed by atoms with Gasteiger partial charge in [-0.3, -0.25) is 14.4 Å². The van der Waals surface area contributed by atoms with Crippen LogP contribution in [0.4, 0.5) is 0 Å². The SMILES string of the molecule is CN(C)C(=O)C1(CNC(=O)CCCCC(=O)O)CCCC1. The van der Waals surface area contributed by atoms with Crippen LogP contribution in [0, 0.1) is 5.41 Å². The first-order valence-electron chi connectivity index (χ1n) is 7.58. The van der Waals surface area contributed by atoms with Gasteiger partial charge in [0, 0.05) is 33.5 Å². The van der Waals surface area contributed by atoms with Gasteiger partial charge in [0.2, 0.25) is 11.8 Å². The lowest BCUT2D eigenvalue weighted by atomic mass is 9.84.